The average molecular weight is 393 g/mol. The van der Waals surface area contributed by atoms with Crippen molar-refractivity contribution in [2.45, 2.75) is 20.3 Å². The molecule has 148 valence electrons. The van der Waals surface area contributed by atoms with Gasteiger partial charge in [0.25, 0.3) is 0 Å². The summed E-state index contributed by atoms with van der Waals surface area (Å²) in [7, 11) is 0. The number of anilines is 1. The van der Waals surface area contributed by atoms with Crippen molar-refractivity contribution >= 4 is 11.7 Å². The third kappa shape index (κ3) is 4.61. The summed E-state index contributed by atoms with van der Waals surface area (Å²) >= 11 is 0. The Hall–Kier alpha value is -3.79. The van der Waals surface area contributed by atoms with Gasteiger partial charge in [0.15, 0.2) is 0 Å². The molecule has 0 saturated heterocycles. The zero-order chi connectivity index (χ0) is 20.8. The summed E-state index contributed by atoms with van der Waals surface area (Å²) < 4.78 is 0. The Kier molecular flexibility index (Phi) is 5.95. The van der Waals surface area contributed by atoms with Crippen molar-refractivity contribution in [3.8, 4) is 22.5 Å². The standard InChI is InChI=1S/C26H24N4/c1-3-20-14-16-21(17-15-20)19(2)29-30-26-27-24(22-10-6-4-7-11-22)18-25(28-26)23-12-8-5-9-13-23/h4-18H,3H2,1-2H3,(H,27,28,30). The largest absolute Gasteiger partial charge is 0.245 e. The molecule has 0 aliphatic rings. The highest BCUT2D eigenvalue weighted by Gasteiger charge is 2.08. The zero-order valence-corrected chi connectivity index (χ0v) is 17.2. The van der Waals surface area contributed by atoms with Crippen LogP contribution in [0.25, 0.3) is 22.5 Å². The smallest absolute Gasteiger partial charge is 0.244 e. The number of rotatable bonds is 6. The summed E-state index contributed by atoms with van der Waals surface area (Å²) in [5.41, 5.74) is 10.1. The molecule has 4 rings (SSSR count). The fourth-order valence-electron chi connectivity index (χ4n) is 3.19. The Bertz CT molecular complexity index is 1080. The van der Waals surface area contributed by atoms with E-state index in [9.17, 15) is 0 Å². The number of benzene rings is 3. The van der Waals surface area contributed by atoms with Crippen molar-refractivity contribution in [2.75, 3.05) is 5.43 Å². The van der Waals surface area contributed by atoms with Gasteiger partial charge in [-0.1, -0.05) is 91.9 Å². The molecule has 0 atom stereocenters. The van der Waals surface area contributed by atoms with Gasteiger partial charge in [-0.25, -0.2) is 15.4 Å². The highest BCUT2D eigenvalue weighted by Crippen LogP contribution is 2.25. The molecule has 4 nitrogen and oxygen atoms in total. The first-order valence-corrected chi connectivity index (χ1v) is 10.1. The zero-order valence-electron chi connectivity index (χ0n) is 17.2. The average Bonchev–Trinajstić information content (AvgIpc) is 2.83. The second-order valence-corrected chi connectivity index (χ2v) is 7.05. The van der Waals surface area contributed by atoms with Crippen LogP contribution in [-0.2, 0) is 6.42 Å². The van der Waals surface area contributed by atoms with Gasteiger partial charge in [0.2, 0.25) is 5.95 Å². The number of aryl methyl sites for hydroxylation is 1. The van der Waals surface area contributed by atoms with Crippen LogP contribution in [0, 0.1) is 0 Å². The van der Waals surface area contributed by atoms with Crippen molar-refractivity contribution in [2.24, 2.45) is 5.10 Å². The van der Waals surface area contributed by atoms with Crippen molar-refractivity contribution in [1.82, 2.24) is 9.97 Å². The summed E-state index contributed by atoms with van der Waals surface area (Å²) in [5.74, 6) is 0.472. The Morgan fingerprint density at radius 1 is 0.767 bits per heavy atom. The molecule has 0 fully saturated rings. The van der Waals surface area contributed by atoms with E-state index in [2.05, 4.69) is 41.7 Å². The van der Waals surface area contributed by atoms with Crippen molar-refractivity contribution in [1.29, 1.82) is 0 Å². The number of hydrazone groups is 1. The SMILES string of the molecule is CCc1ccc(C(C)=NNc2nc(-c3ccccc3)cc(-c3ccccc3)n2)cc1. The van der Waals surface area contributed by atoms with Crippen LogP contribution in [0.15, 0.2) is 96.1 Å². The minimum atomic E-state index is 0.472. The van der Waals surface area contributed by atoms with Gasteiger partial charge in [-0.15, -0.1) is 0 Å². The minimum absolute atomic E-state index is 0.472. The lowest BCUT2D eigenvalue weighted by atomic mass is 10.1. The Morgan fingerprint density at radius 3 is 1.80 bits per heavy atom. The highest BCUT2D eigenvalue weighted by molar-refractivity contribution is 5.99. The summed E-state index contributed by atoms with van der Waals surface area (Å²) in [6, 6.07) is 30.7. The maximum atomic E-state index is 4.69. The van der Waals surface area contributed by atoms with E-state index in [1.165, 1.54) is 5.56 Å². The van der Waals surface area contributed by atoms with Gasteiger partial charge in [0, 0.05) is 11.1 Å². The van der Waals surface area contributed by atoms with Gasteiger partial charge in [-0.2, -0.15) is 5.10 Å². The van der Waals surface area contributed by atoms with Crippen molar-refractivity contribution in [3.05, 3.63) is 102 Å². The molecule has 0 radical (unpaired) electrons. The van der Waals surface area contributed by atoms with E-state index in [4.69, 9.17) is 9.97 Å². The van der Waals surface area contributed by atoms with Gasteiger partial charge in [-0.05, 0) is 30.5 Å². The molecule has 0 aliphatic heterocycles. The molecule has 0 unspecified atom stereocenters. The molecule has 1 N–H and O–H groups in total. The minimum Gasteiger partial charge on any atom is -0.245 e. The maximum absolute atomic E-state index is 4.69. The summed E-state index contributed by atoms with van der Waals surface area (Å²) in [5, 5.41) is 4.53. The molecule has 0 amide bonds. The van der Waals surface area contributed by atoms with Crippen LogP contribution in [0.4, 0.5) is 5.95 Å². The van der Waals surface area contributed by atoms with E-state index < -0.39 is 0 Å². The van der Waals surface area contributed by atoms with E-state index in [1.807, 2.05) is 73.7 Å². The molecule has 0 saturated carbocycles. The lowest BCUT2D eigenvalue weighted by Gasteiger charge is -2.09. The Labute approximate surface area is 177 Å². The van der Waals surface area contributed by atoms with Crippen LogP contribution in [0.2, 0.25) is 0 Å². The normalized spacial score (nSPS) is 11.3. The van der Waals surface area contributed by atoms with Gasteiger partial charge in [0.05, 0.1) is 17.1 Å². The van der Waals surface area contributed by atoms with Crippen molar-refractivity contribution < 1.29 is 0 Å². The molecular weight excluding hydrogens is 368 g/mol. The Balaban J connectivity index is 1.68. The molecule has 1 aromatic heterocycles. The predicted molar refractivity (Wildman–Crippen MR) is 125 cm³/mol. The third-order valence-corrected chi connectivity index (χ3v) is 4.97. The van der Waals surface area contributed by atoms with Crippen molar-refractivity contribution in [3.63, 3.8) is 0 Å². The van der Waals surface area contributed by atoms with Gasteiger partial charge >= 0.3 is 0 Å². The molecule has 30 heavy (non-hydrogen) atoms. The molecular formula is C26H24N4. The van der Waals surface area contributed by atoms with E-state index in [0.717, 1.165) is 40.2 Å². The first-order valence-electron chi connectivity index (χ1n) is 10.1. The maximum Gasteiger partial charge on any atom is 0.244 e. The molecule has 4 aromatic rings. The summed E-state index contributed by atoms with van der Waals surface area (Å²) in [6.45, 7) is 4.13. The van der Waals surface area contributed by atoms with E-state index >= 15 is 0 Å². The molecule has 3 aromatic carbocycles. The number of hydrogen-bond acceptors (Lipinski definition) is 4. The topological polar surface area (TPSA) is 50.2 Å². The number of nitrogens with one attached hydrogen (secondary N) is 1. The number of hydrogen-bond donors (Lipinski definition) is 1. The monoisotopic (exact) mass is 392 g/mol. The van der Waals surface area contributed by atoms with Crippen LogP contribution < -0.4 is 5.43 Å². The predicted octanol–water partition coefficient (Wildman–Crippen LogP) is 6.21. The summed E-state index contributed by atoms with van der Waals surface area (Å²) in [4.78, 5) is 9.39. The lowest BCUT2D eigenvalue weighted by Crippen LogP contribution is -2.04. The highest BCUT2D eigenvalue weighted by atomic mass is 15.4. The number of nitrogens with zero attached hydrogens (tertiary/aromatic N) is 3. The van der Waals surface area contributed by atoms with Gasteiger partial charge < -0.3 is 0 Å². The first kappa shape index (κ1) is 19.5. The fourth-order valence-corrected chi connectivity index (χ4v) is 3.19. The fraction of sp³-hybridized carbons (Fsp3) is 0.115. The molecule has 0 spiro atoms. The van der Waals surface area contributed by atoms with Crippen LogP contribution in [-0.4, -0.2) is 15.7 Å². The number of aromatic nitrogens is 2. The lowest BCUT2D eigenvalue weighted by molar-refractivity contribution is 1.12. The van der Waals surface area contributed by atoms with E-state index in [0.29, 0.717) is 5.95 Å². The Morgan fingerprint density at radius 2 is 1.30 bits per heavy atom. The second kappa shape index (κ2) is 9.14. The van der Waals surface area contributed by atoms with Gasteiger partial charge in [-0.3, -0.25) is 0 Å². The van der Waals surface area contributed by atoms with Crippen LogP contribution >= 0.6 is 0 Å². The third-order valence-electron chi connectivity index (χ3n) is 4.97. The molecule has 1 heterocycles. The van der Waals surface area contributed by atoms with Crippen LogP contribution in [0.1, 0.15) is 25.0 Å². The first-order chi connectivity index (χ1) is 14.7. The molecule has 0 bridgehead atoms. The molecule has 0 aliphatic carbocycles. The summed E-state index contributed by atoms with van der Waals surface area (Å²) in [6.07, 6.45) is 1.02. The van der Waals surface area contributed by atoms with Crippen LogP contribution in [0.5, 0.6) is 0 Å². The quantitative estimate of drug-likeness (QED) is 0.313. The van der Waals surface area contributed by atoms with E-state index in [1.54, 1.807) is 0 Å². The van der Waals surface area contributed by atoms with E-state index in [-0.39, 0.29) is 0 Å². The van der Waals surface area contributed by atoms with Crippen LogP contribution in [0.3, 0.4) is 0 Å². The van der Waals surface area contributed by atoms with Gasteiger partial charge in [0.1, 0.15) is 0 Å². The second-order valence-electron chi connectivity index (χ2n) is 7.05. The molecule has 4 heteroatoms.